The number of carbonyl (C=O) groups excluding carboxylic acids is 1. The number of carbonyl (C=O) groups is 1. The number of hydrogen-bond acceptors (Lipinski definition) is 9. The van der Waals surface area contributed by atoms with Crippen LogP contribution in [0.5, 0.6) is 11.6 Å². The third-order valence-corrected chi connectivity index (χ3v) is 8.93. The van der Waals surface area contributed by atoms with Gasteiger partial charge in [-0.3, -0.25) is 9.69 Å². The number of benzene rings is 1. The monoisotopic (exact) mass is 639 g/mol. The third kappa shape index (κ3) is 8.37. The Bertz CT molecular complexity index is 1400. The first kappa shape index (κ1) is 31.0. The third-order valence-electron chi connectivity index (χ3n) is 8.50. The molecule has 44 heavy (non-hydrogen) atoms. The largest absolute Gasteiger partial charge is 0.436 e. The number of hydrogen-bond donors (Lipinski definition) is 2. The average Bonchev–Trinajstić information content (AvgIpc) is 2.99. The van der Waals surface area contributed by atoms with E-state index in [-0.39, 0.29) is 5.91 Å². The zero-order valence-electron chi connectivity index (χ0n) is 25.0. The molecule has 3 saturated heterocycles. The van der Waals surface area contributed by atoms with Crippen LogP contribution in [-0.4, -0.2) is 83.8 Å². The number of halogens is 2. The van der Waals surface area contributed by atoms with Crippen molar-refractivity contribution in [3.8, 4) is 22.9 Å². The van der Waals surface area contributed by atoms with E-state index in [1.54, 1.807) is 25.4 Å². The first-order chi connectivity index (χ1) is 21.4. The molecule has 0 saturated carbocycles. The summed E-state index contributed by atoms with van der Waals surface area (Å²) in [6.07, 6.45) is 7.61. The smallest absolute Gasteiger partial charge is 0.225 e. The van der Waals surface area contributed by atoms with E-state index in [1.807, 2.05) is 18.2 Å². The fourth-order valence-corrected chi connectivity index (χ4v) is 6.53. The Kier molecular flexibility index (Phi) is 10.1. The summed E-state index contributed by atoms with van der Waals surface area (Å²) in [5, 5.41) is 7.72. The molecule has 234 valence electrons. The number of likely N-dealkylation sites (tertiary alicyclic amines) is 1. The fraction of sp³-hybridized carbons (Fsp3) is 0.500. The second-order valence-corrected chi connectivity index (χ2v) is 12.9. The van der Waals surface area contributed by atoms with Crippen molar-refractivity contribution >= 4 is 35.1 Å². The van der Waals surface area contributed by atoms with Gasteiger partial charge < -0.3 is 25.0 Å². The molecule has 12 heteroatoms. The first-order valence-electron chi connectivity index (χ1n) is 15.4. The maximum Gasteiger partial charge on any atom is 0.225 e. The molecular weight excluding hydrogens is 601 g/mol. The molecule has 1 amide bonds. The van der Waals surface area contributed by atoms with Crippen LogP contribution in [0.3, 0.4) is 0 Å². The molecular formula is C32H39Cl2N7O3. The molecule has 3 aromatic rings. The lowest BCUT2D eigenvalue weighted by molar-refractivity contribution is -0.119. The van der Waals surface area contributed by atoms with Crippen molar-refractivity contribution in [2.24, 2.45) is 5.92 Å². The van der Waals surface area contributed by atoms with E-state index >= 15 is 0 Å². The van der Waals surface area contributed by atoms with Gasteiger partial charge >= 0.3 is 0 Å². The molecule has 5 heterocycles. The van der Waals surface area contributed by atoms with Crippen LogP contribution in [0.4, 0.5) is 5.95 Å². The van der Waals surface area contributed by atoms with Gasteiger partial charge in [-0.2, -0.15) is 0 Å². The Morgan fingerprint density at radius 2 is 1.66 bits per heavy atom. The van der Waals surface area contributed by atoms with Crippen molar-refractivity contribution < 1.29 is 14.3 Å². The van der Waals surface area contributed by atoms with Gasteiger partial charge in [0.1, 0.15) is 0 Å². The van der Waals surface area contributed by atoms with E-state index in [1.165, 1.54) is 0 Å². The summed E-state index contributed by atoms with van der Waals surface area (Å²) < 4.78 is 11.5. The van der Waals surface area contributed by atoms with Gasteiger partial charge in [0.25, 0.3) is 0 Å². The number of piperidine rings is 2. The average molecular weight is 641 g/mol. The van der Waals surface area contributed by atoms with Gasteiger partial charge in [-0.05, 0) is 74.5 Å². The van der Waals surface area contributed by atoms with Gasteiger partial charge in [-0.25, -0.2) is 15.0 Å². The first-order valence-corrected chi connectivity index (χ1v) is 16.1. The van der Waals surface area contributed by atoms with Crippen LogP contribution in [0.25, 0.3) is 11.3 Å². The van der Waals surface area contributed by atoms with Gasteiger partial charge in [0.2, 0.25) is 17.7 Å². The number of amides is 1. The lowest BCUT2D eigenvalue weighted by Gasteiger charge is -2.36. The minimum Gasteiger partial charge on any atom is -0.436 e. The van der Waals surface area contributed by atoms with Crippen LogP contribution in [0, 0.1) is 5.92 Å². The van der Waals surface area contributed by atoms with Crippen LogP contribution in [0.15, 0.2) is 42.7 Å². The second kappa shape index (κ2) is 14.4. The quantitative estimate of drug-likeness (QED) is 0.319. The van der Waals surface area contributed by atoms with Gasteiger partial charge in [-0.15, -0.1) is 0 Å². The predicted octanol–water partition coefficient (Wildman–Crippen LogP) is 4.94. The zero-order valence-corrected chi connectivity index (χ0v) is 26.5. The highest BCUT2D eigenvalue weighted by Gasteiger charge is 2.26. The molecule has 0 bridgehead atoms. The Morgan fingerprint density at radius 3 is 2.30 bits per heavy atom. The van der Waals surface area contributed by atoms with E-state index < -0.39 is 0 Å². The fourth-order valence-electron chi connectivity index (χ4n) is 6.00. The topological polar surface area (TPSA) is 105 Å². The van der Waals surface area contributed by atoms with Gasteiger partial charge in [0, 0.05) is 60.8 Å². The lowest BCUT2D eigenvalue weighted by Crippen LogP contribution is -2.53. The maximum atomic E-state index is 11.3. The van der Waals surface area contributed by atoms with Gasteiger partial charge in [0.05, 0.1) is 37.3 Å². The van der Waals surface area contributed by atoms with Gasteiger partial charge in [0.15, 0.2) is 5.75 Å². The summed E-state index contributed by atoms with van der Waals surface area (Å²) in [7, 11) is 0. The van der Waals surface area contributed by atoms with Gasteiger partial charge in [-0.1, -0.05) is 23.2 Å². The Morgan fingerprint density at radius 1 is 0.955 bits per heavy atom. The highest BCUT2D eigenvalue weighted by atomic mass is 35.5. The Labute approximate surface area is 268 Å². The molecule has 0 atom stereocenters. The summed E-state index contributed by atoms with van der Waals surface area (Å²) in [6, 6.07) is 10.5. The SMILES string of the molecule is CC(=O)NCC1CCN(Cc2cc(Oc3cnc(N4CCC(NC5COC5)CC4)nc3)nc(-c3cc(Cl)cc(Cl)c3)c2)CC1. The number of nitrogens with one attached hydrogen (secondary N) is 2. The molecule has 3 aliphatic heterocycles. The van der Waals surface area contributed by atoms with Crippen molar-refractivity contribution in [3.05, 3.63) is 58.3 Å². The van der Waals surface area contributed by atoms with E-state index in [0.717, 1.165) is 95.0 Å². The number of pyridine rings is 1. The summed E-state index contributed by atoms with van der Waals surface area (Å²) in [5.41, 5.74) is 2.62. The van der Waals surface area contributed by atoms with E-state index in [4.69, 9.17) is 37.7 Å². The summed E-state index contributed by atoms with van der Waals surface area (Å²) in [6.45, 7) is 8.42. The predicted molar refractivity (Wildman–Crippen MR) is 171 cm³/mol. The number of ether oxygens (including phenoxy) is 2. The molecule has 0 radical (unpaired) electrons. The lowest BCUT2D eigenvalue weighted by atomic mass is 9.96. The molecule has 10 nitrogen and oxygen atoms in total. The highest BCUT2D eigenvalue weighted by Crippen LogP contribution is 2.31. The van der Waals surface area contributed by atoms with Crippen LogP contribution >= 0.6 is 23.2 Å². The van der Waals surface area contributed by atoms with Crippen LogP contribution in [0.2, 0.25) is 10.0 Å². The summed E-state index contributed by atoms with van der Waals surface area (Å²) >= 11 is 12.7. The molecule has 6 rings (SSSR count). The number of rotatable bonds is 10. The summed E-state index contributed by atoms with van der Waals surface area (Å²) in [5.74, 6) is 2.22. The number of nitrogens with zero attached hydrogens (tertiary/aromatic N) is 5. The highest BCUT2D eigenvalue weighted by molar-refractivity contribution is 6.35. The van der Waals surface area contributed by atoms with Crippen molar-refractivity contribution in [3.63, 3.8) is 0 Å². The van der Waals surface area contributed by atoms with E-state index in [0.29, 0.717) is 45.6 Å². The standard InChI is InChI=1S/C32H39Cl2N7O3/c1-21(42)35-15-22-2-6-40(7-3-22)18-23-10-30(24-12-25(33)14-26(34)13-24)39-31(11-23)44-29-16-36-32(37-17-29)41-8-4-27(5-9-41)38-28-19-43-20-28/h10-14,16-17,22,27-28,38H,2-9,15,18-20H2,1H3,(H,35,42). The molecule has 3 aliphatic rings. The number of aromatic nitrogens is 3. The molecule has 2 N–H and O–H groups in total. The molecule has 3 fully saturated rings. The van der Waals surface area contributed by atoms with E-state index in [9.17, 15) is 4.79 Å². The minimum absolute atomic E-state index is 0.0262. The van der Waals surface area contributed by atoms with Crippen molar-refractivity contribution in [2.75, 3.05) is 50.8 Å². The summed E-state index contributed by atoms with van der Waals surface area (Å²) in [4.78, 5) is 30.0. The molecule has 1 aromatic carbocycles. The molecule has 0 aliphatic carbocycles. The van der Waals surface area contributed by atoms with Crippen molar-refractivity contribution in [1.29, 1.82) is 0 Å². The minimum atomic E-state index is 0.0262. The zero-order chi connectivity index (χ0) is 30.5. The normalized spacial score (nSPS) is 18.7. The van der Waals surface area contributed by atoms with Crippen LogP contribution in [-0.2, 0) is 16.1 Å². The molecule has 0 spiro atoms. The van der Waals surface area contributed by atoms with E-state index in [2.05, 4.69) is 36.5 Å². The molecule has 2 aromatic heterocycles. The van der Waals surface area contributed by atoms with Crippen LogP contribution in [0.1, 0.15) is 38.2 Å². The second-order valence-electron chi connectivity index (χ2n) is 12.0. The Balaban J connectivity index is 1.13. The van der Waals surface area contributed by atoms with Crippen molar-refractivity contribution in [1.82, 2.24) is 30.5 Å². The Hall–Kier alpha value is -3.02. The van der Waals surface area contributed by atoms with Crippen molar-refractivity contribution in [2.45, 2.75) is 51.2 Å². The number of anilines is 1. The van der Waals surface area contributed by atoms with Crippen LogP contribution < -0.4 is 20.3 Å². The molecule has 0 unspecified atom stereocenters. The maximum absolute atomic E-state index is 11.3.